The zero-order valence-electron chi connectivity index (χ0n) is 15.0. The molecule has 0 saturated heterocycles. The Morgan fingerprint density at radius 3 is 2.44 bits per heavy atom. The summed E-state index contributed by atoms with van der Waals surface area (Å²) in [5, 5.41) is 6.82. The molecule has 0 aliphatic heterocycles. The van der Waals surface area contributed by atoms with E-state index in [0.29, 0.717) is 18.2 Å². The second-order valence-corrected chi connectivity index (χ2v) is 6.55. The van der Waals surface area contributed by atoms with Crippen LogP contribution in [0.5, 0.6) is 5.75 Å². The number of carbonyl (C=O) groups is 1. The summed E-state index contributed by atoms with van der Waals surface area (Å²) in [5.74, 6) is 0.722. The molecule has 3 rings (SSSR count). The lowest BCUT2D eigenvalue weighted by Gasteiger charge is -2.11. The van der Waals surface area contributed by atoms with Crippen molar-refractivity contribution in [3.05, 3.63) is 88.9 Å². The maximum Gasteiger partial charge on any atom is 0.221 e. The van der Waals surface area contributed by atoms with Gasteiger partial charge in [-0.05, 0) is 48.0 Å². The van der Waals surface area contributed by atoms with Crippen LogP contribution in [0.2, 0.25) is 5.02 Å². The first kappa shape index (κ1) is 18.8. The first-order valence-corrected chi connectivity index (χ1v) is 9.04. The number of amides is 1. The molecule has 3 aromatic rings. The number of carbonyl (C=O) groups excluding carboxylic acids is 1. The molecule has 2 N–H and O–H groups in total. The molecule has 0 aliphatic rings. The first-order valence-electron chi connectivity index (χ1n) is 8.67. The van der Waals surface area contributed by atoms with Gasteiger partial charge < -0.3 is 15.4 Å². The standard InChI is InChI=1S/C22H21ClN2O2/c1-16(26)25-20-11-9-19(10-12-20)24-14-17-5-4-7-21(13-17)27-15-18-6-2-3-8-22(18)23/h2-13,24H,14-15H2,1H3,(H,25,26). The Balaban J connectivity index is 1.56. The van der Waals surface area contributed by atoms with Gasteiger partial charge in [0.2, 0.25) is 5.91 Å². The van der Waals surface area contributed by atoms with Crippen molar-refractivity contribution < 1.29 is 9.53 Å². The van der Waals surface area contributed by atoms with E-state index in [4.69, 9.17) is 16.3 Å². The average molecular weight is 381 g/mol. The van der Waals surface area contributed by atoms with Gasteiger partial charge in [-0.25, -0.2) is 0 Å². The number of hydrogen-bond donors (Lipinski definition) is 2. The first-order chi connectivity index (χ1) is 13.1. The van der Waals surface area contributed by atoms with Gasteiger partial charge in [0.25, 0.3) is 0 Å². The van der Waals surface area contributed by atoms with Crippen LogP contribution < -0.4 is 15.4 Å². The van der Waals surface area contributed by atoms with E-state index in [1.54, 1.807) is 0 Å². The highest BCUT2D eigenvalue weighted by Gasteiger charge is 2.02. The molecule has 138 valence electrons. The zero-order chi connectivity index (χ0) is 19.1. The van der Waals surface area contributed by atoms with Gasteiger partial charge in [-0.3, -0.25) is 4.79 Å². The van der Waals surface area contributed by atoms with E-state index in [2.05, 4.69) is 10.6 Å². The molecule has 27 heavy (non-hydrogen) atoms. The van der Waals surface area contributed by atoms with Crippen molar-refractivity contribution in [2.24, 2.45) is 0 Å². The molecule has 1 amide bonds. The van der Waals surface area contributed by atoms with Crippen molar-refractivity contribution in [1.29, 1.82) is 0 Å². The fourth-order valence-corrected chi connectivity index (χ4v) is 2.79. The summed E-state index contributed by atoms with van der Waals surface area (Å²) in [6, 6.07) is 23.2. The zero-order valence-corrected chi connectivity index (χ0v) is 15.8. The summed E-state index contributed by atoms with van der Waals surface area (Å²) in [6.45, 7) is 2.59. The quantitative estimate of drug-likeness (QED) is 0.569. The Morgan fingerprint density at radius 1 is 0.963 bits per heavy atom. The Kier molecular flexibility index (Phi) is 6.34. The van der Waals surface area contributed by atoms with Crippen LogP contribution in [0.1, 0.15) is 18.1 Å². The molecule has 0 fully saturated rings. The third-order valence-corrected chi connectivity index (χ3v) is 4.32. The second kappa shape index (κ2) is 9.10. The van der Waals surface area contributed by atoms with Crippen molar-refractivity contribution in [2.45, 2.75) is 20.1 Å². The fourth-order valence-electron chi connectivity index (χ4n) is 2.60. The minimum Gasteiger partial charge on any atom is -0.489 e. The number of ether oxygens (including phenoxy) is 1. The summed E-state index contributed by atoms with van der Waals surface area (Å²) < 4.78 is 5.87. The summed E-state index contributed by atoms with van der Waals surface area (Å²) in [6.07, 6.45) is 0. The van der Waals surface area contributed by atoms with E-state index in [-0.39, 0.29) is 5.91 Å². The largest absolute Gasteiger partial charge is 0.489 e. The van der Waals surface area contributed by atoms with Gasteiger partial charge in [0.15, 0.2) is 0 Å². The lowest BCUT2D eigenvalue weighted by atomic mass is 10.2. The van der Waals surface area contributed by atoms with Crippen LogP contribution in [-0.4, -0.2) is 5.91 Å². The normalized spacial score (nSPS) is 10.3. The van der Waals surface area contributed by atoms with Crippen LogP contribution in [0, 0.1) is 0 Å². The molecular weight excluding hydrogens is 360 g/mol. The highest BCUT2D eigenvalue weighted by Crippen LogP contribution is 2.20. The molecule has 0 heterocycles. The van der Waals surface area contributed by atoms with E-state index < -0.39 is 0 Å². The van der Waals surface area contributed by atoms with Gasteiger partial charge in [0, 0.05) is 35.4 Å². The van der Waals surface area contributed by atoms with Crippen molar-refractivity contribution in [1.82, 2.24) is 0 Å². The molecule has 4 nitrogen and oxygen atoms in total. The summed E-state index contributed by atoms with van der Waals surface area (Å²) in [4.78, 5) is 11.1. The minimum absolute atomic E-state index is 0.0793. The predicted molar refractivity (Wildman–Crippen MR) is 110 cm³/mol. The molecule has 0 aromatic heterocycles. The van der Waals surface area contributed by atoms with Gasteiger partial charge in [-0.1, -0.05) is 41.9 Å². The molecule has 3 aromatic carbocycles. The van der Waals surface area contributed by atoms with Gasteiger partial charge in [0.1, 0.15) is 12.4 Å². The number of nitrogens with one attached hydrogen (secondary N) is 2. The molecule has 5 heteroatoms. The van der Waals surface area contributed by atoms with Gasteiger partial charge in [-0.15, -0.1) is 0 Å². The summed E-state index contributed by atoms with van der Waals surface area (Å²) in [7, 11) is 0. The smallest absolute Gasteiger partial charge is 0.221 e. The van der Waals surface area contributed by atoms with E-state index in [1.807, 2.05) is 72.8 Å². The third kappa shape index (κ3) is 5.76. The lowest BCUT2D eigenvalue weighted by molar-refractivity contribution is -0.114. The number of halogens is 1. The van der Waals surface area contributed by atoms with Crippen LogP contribution >= 0.6 is 11.6 Å². The molecule has 0 aliphatic carbocycles. The van der Waals surface area contributed by atoms with Crippen LogP contribution in [-0.2, 0) is 17.9 Å². The van der Waals surface area contributed by atoms with E-state index in [9.17, 15) is 4.79 Å². The van der Waals surface area contributed by atoms with Crippen LogP contribution in [0.3, 0.4) is 0 Å². The molecular formula is C22H21ClN2O2. The molecule has 0 radical (unpaired) electrons. The van der Waals surface area contributed by atoms with Gasteiger partial charge in [0.05, 0.1) is 0 Å². The topological polar surface area (TPSA) is 50.4 Å². The highest BCUT2D eigenvalue weighted by molar-refractivity contribution is 6.31. The molecule has 0 spiro atoms. The third-order valence-electron chi connectivity index (χ3n) is 3.95. The Bertz CT molecular complexity index is 910. The predicted octanol–water partition coefficient (Wildman–Crippen LogP) is 5.49. The molecule has 0 saturated carbocycles. The second-order valence-electron chi connectivity index (χ2n) is 6.14. The minimum atomic E-state index is -0.0793. The molecule has 0 unspecified atom stereocenters. The highest BCUT2D eigenvalue weighted by atomic mass is 35.5. The van der Waals surface area contributed by atoms with Crippen LogP contribution in [0.15, 0.2) is 72.8 Å². The van der Waals surface area contributed by atoms with Gasteiger partial charge in [-0.2, -0.15) is 0 Å². The molecule has 0 bridgehead atoms. The van der Waals surface area contributed by atoms with Crippen molar-refractivity contribution in [2.75, 3.05) is 10.6 Å². The van der Waals surface area contributed by atoms with Crippen molar-refractivity contribution >= 4 is 28.9 Å². The maximum absolute atomic E-state index is 11.1. The van der Waals surface area contributed by atoms with E-state index in [0.717, 1.165) is 28.3 Å². The van der Waals surface area contributed by atoms with Crippen LogP contribution in [0.4, 0.5) is 11.4 Å². The Labute approximate surface area is 164 Å². The van der Waals surface area contributed by atoms with E-state index in [1.165, 1.54) is 6.92 Å². The monoisotopic (exact) mass is 380 g/mol. The summed E-state index contributed by atoms with van der Waals surface area (Å²) >= 11 is 6.17. The van der Waals surface area contributed by atoms with Gasteiger partial charge >= 0.3 is 0 Å². The number of hydrogen-bond acceptors (Lipinski definition) is 3. The van der Waals surface area contributed by atoms with Crippen LogP contribution in [0.25, 0.3) is 0 Å². The van der Waals surface area contributed by atoms with E-state index >= 15 is 0 Å². The number of benzene rings is 3. The Morgan fingerprint density at radius 2 is 1.70 bits per heavy atom. The average Bonchev–Trinajstić information content (AvgIpc) is 2.67. The molecule has 0 atom stereocenters. The lowest BCUT2D eigenvalue weighted by Crippen LogP contribution is -2.05. The number of rotatable bonds is 7. The van der Waals surface area contributed by atoms with Crippen molar-refractivity contribution in [3.63, 3.8) is 0 Å². The fraction of sp³-hybridized carbons (Fsp3) is 0.136. The number of anilines is 2. The SMILES string of the molecule is CC(=O)Nc1ccc(NCc2cccc(OCc3ccccc3Cl)c2)cc1. The summed E-state index contributed by atoms with van der Waals surface area (Å²) in [5.41, 5.74) is 3.83. The van der Waals surface area contributed by atoms with Crippen molar-refractivity contribution in [3.8, 4) is 5.75 Å². The Hall–Kier alpha value is -2.98. The maximum atomic E-state index is 11.1.